The summed E-state index contributed by atoms with van der Waals surface area (Å²) in [5.74, 6) is -0.345. The molecule has 0 saturated carbocycles. The van der Waals surface area contributed by atoms with Crippen LogP contribution in [0.15, 0.2) is 23.6 Å². The summed E-state index contributed by atoms with van der Waals surface area (Å²) >= 11 is 1.29. The van der Waals surface area contributed by atoms with Crippen molar-refractivity contribution in [3.05, 3.63) is 45.4 Å². The molecule has 9 heteroatoms. The van der Waals surface area contributed by atoms with E-state index in [2.05, 4.69) is 15.0 Å². The predicted octanol–water partition coefficient (Wildman–Crippen LogP) is 2.86. The molecule has 0 bridgehead atoms. The molecule has 1 aromatic heterocycles. The second-order valence-electron chi connectivity index (χ2n) is 4.50. The highest BCUT2D eigenvalue weighted by Crippen LogP contribution is 2.22. The number of nitrogens with zero attached hydrogens (tertiary/aromatic N) is 1. The van der Waals surface area contributed by atoms with Crippen LogP contribution < -0.4 is 15.8 Å². The van der Waals surface area contributed by atoms with E-state index >= 15 is 0 Å². The average molecular weight is 364 g/mol. The number of amides is 1. The Morgan fingerprint density at radius 2 is 2.22 bits per heavy atom. The first kappa shape index (κ1) is 19.3. The quantitative estimate of drug-likeness (QED) is 0.827. The molecular formula is C14H16ClF2N3O2S. The molecule has 23 heavy (non-hydrogen) atoms. The molecular weight excluding hydrogens is 348 g/mol. The van der Waals surface area contributed by atoms with Gasteiger partial charge >= 0.3 is 6.61 Å². The van der Waals surface area contributed by atoms with Gasteiger partial charge in [0, 0.05) is 24.0 Å². The summed E-state index contributed by atoms with van der Waals surface area (Å²) in [5.41, 5.74) is 7.05. The third-order valence-corrected chi connectivity index (χ3v) is 3.70. The van der Waals surface area contributed by atoms with Gasteiger partial charge in [-0.1, -0.05) is 17.7 Å². The Morgan fingerprint density at radius 1 is 1.48 bits per heavy atom. The van der Waals surface area contributed by atoms with Crippen LogP contribution in [0, 0.1) is 6.92 Å². The fourth-order valence-corrected chi connectivity index (χ4v) is 2.49. The SMILES string of the molecule is Cc1ccc(OC(F)F)c(CNC(=O)c2csc(CN)n2)c1.Cl. The predicted molar refractivity (Wildman–Crippen MR) is 86.2 cm³/mol. The number of nitrogens with two attached hydrogens (primary N) is 1. The Kier molecular flexibility index (Phi) is 7.34. The molecule has 5 nitrogen and oxygen atoms in total. The largest absolute Gasteiger partial charge is 0.434 e. The van der Waals surface area contributed by atoms with Crippen LogP contribution in [0.2, 0.25) is 0 Å². The minimum absolute atomic E-state index is 0. The van der Waals surface area contributed by atoms with Crippen LogP contribution in [0.25, 0.3) is 0 Å². The second-order valence-corrected chi connectivity index (χ2v) is 5.45. The Bertz CT molecular complexity index is 667. The van der Waals surface area contributed by atoms with E-state index < -0.39 is 6.61 Å². The lowest BCUT2D eigenvalue weighted by molar-refractivity contribution is -0.0504. The van der Waals surface area contributed by atoms with Gasteiger partial charge in [-0.25, -0.2) is 4.98 Å². The normalized spacial score (nSPS) is 10.3. The fraction of sp³-hybridized carbons (Fsp3) is 0.286. The lowest BCUT2D eigenvalue weighted by Gasteiger charge is -2.12. The molecule has 0 spiro atoms. The van der Waals surface area contributed by atoms with Crippen molar-refractivity contribution >= 4 is 29.7 Å². The first-order valence-corrected chi connectivity index (χ1v) is 7.34. The standard InChI is InChI=1S/C14H15F2N3O2S.ClH/c1-8-2-3-11(21-14(15)16)9(4-8)6-18-13(20)10-7-22-12(5-17)19-10;/h2-4,7,14H,5-6,17H2,1H3,(H,18,20);1H. The highest BCUT2D eigenvalue weighted by molar-refractivity contribution is 7.09. The van der Waals surface area contributed by atoms with E-state index in [1.165, 1.54) is 17.4 Å². The molecule has 0 fully saturated rings. The van der Waals surface area contributed by atoms with Crippen molar-refractivity contribution in [3.63, 3.8) is 0 Å². The Morgan fingerprint density at radius 3 is 2.83 bits per heavy atom. The van der Waals surface area contributed by atoms with Crippen molar-refractivity contribution in [2.75, 3.05) is 0 Å². The van der Waals surface area contributed by atoms with Crippen LogP contribution in [0.1, 0.15) is 26.6 Å². The first-order valence-electron chi connectivity index (χ1n) is 6.46. The number of hydrogen-bond donors (Lipinski definition) is 2. The molecule has 0 saturated heterocycles. The lowest BCUT2D eigenvalue weighted by Crippen LogP contribution is -2.23. The smallest absolute Gasteiger partial charge is 0.387 e. The number of benzene rings is 1. The zero-order chi connectivity index (χ0) is 16.1. The lowest BCUT2D eigenvalue weighted by atomic mass is 10.1. The zero-order valence-electron chi connectivity index (χ0n) is 12.2. The van der Waals surface area contributed by atoms with Crippen LogP contribution >= 0.6 is 23.7 Å². The van der Waals surface area contributed by atoms with E-state index in [-0.39, 0.29) is 42.8 Å². The number of ether oxygens (including phenoxy) is 1. The third-order valence-electron chi connectivity index (χ3n) is 2.83. The summed E-state index contributed by atoms with van der Waals surface area (Å²) in [6.07, 6.45) is 0. The van der Waals surface area contributed by atoms with Gasteiger partial charge in [-0.05, 0) is 13.0 Å². The van der Waals surface area contributed by atoms with Gasteiger partial charge in [-0.3, -0.25) is 4.79 Å². The summed E-state index contributed by atoms with van der Waals surface area (Å²) in [7, 11) is 0. The molecule has 0 aliphatic rings. The second kappa shape index (κ2) is 8.76. The minimum atomic E-state index is -2.91. The maximum atomic E-state index is 12.4. The molecule has 1 heterocycles. The van der Waals surface area contributed by atoms with E-state index in [1.54, 1.807) is 17.5 Å². The number of halogens is 3. The van der Waals surface area contributed by atoms with Crippen LogP contribution in [-0.2, 0) is 13.1 Å². The monoisotopic (exact) mass is 363 g/mol. The van der Waals surface area contributed by atoms with Gasteiger partial charge in [0.25, 0.3) is 5.91 Å². The van der Waals surface area contributed by atoms with Crippen molar-refractivity contribution in [1.82, 2.24) is 10.3 Å². The number of aromatic nitrogens is 1. The highest BCUT2D eigenvalue weighted by atomic mass is 35.5. The highest BCUT2D eigenvalue weighted by Gasteiger charge is 2.13. The van der Waals surface area contributed by atoms with E-state index in [0.29, 0.717) is 10.6 Å². The molecule has 126 valence electrons. The number of alkyl halides is 2. The molecule has 1 amide bonds. The minimum Gasteiger partial charge on any atom is -0.434 e. The summed E-state index contributed by atoms with van der Waals surface area (Å²) < 4.78 is 29.2. The van der Waals surface area contributed by atoms with Crippen molar-refractivity contribution in [1.29, 1.82) is 0 Å². The molecule has 0 atom stereocenters. The Labute approximate surface area is 142 Å². The van der Waals surface area contributed by atoms with Gasteiger partial charge in [0.2, 0.25) is 0 Å². The number of nitrogens with one attached hydrogen (secondary N) is 1. The number of carbonyl (C=O) groups excluding carboxylic acids is 1. The number of rotatable bonds is 6. The van der Waals surface area contributed by atoms with Crippen molar-refractivity contribution in [2.24, 2.45) is 5.73 Å². The van der Waals surface area contributed by atoms with E-state index in [1.807, 2.05) is 6.92 Å². The zero-order valence-corrected chi connectivity index (χ0v) is 13.8. The van der Waals surface area contributed by atoms with Crippen molar-refractivity contribution < 1.29 is 18.3 Å². The van der Waals surface area contributed by atoms with Crippen LogP contribution in [0.3, 0.4) is 0 Å². The number of thiazole rings is 1. The van der Waals surface area contributed by atoms with Crippen molar-refractivity contribution in [2.45, 2.75) is 26.6 Å². The van der Waals surface area contributed by atoms with Gasteiger partial charge in [0.05, 0.1) is 0 Å². The summed E-state index contributed by atoms with van der Waals surface area (Å²) in [4.78, 5) is 16.0. The van der Waals surface area contributed by atoms with E-state index in [9.17, 15) is 13.6 Å². The third kappa shape index (κ3) is 5.42. The Hall–Kier alpha value is -1.77. The van der Waals surface area contributed by atoms with Crippen LogP contribution in [0.5, 0.6) is 5.75 Å². The number of aryl methyl sites for hydroxylation is 1. The number of carbonyl (C=O) groups is 1. The fourth-order valence-electron chi connectivity index (χ4n) is 1.83. The summed E-state index contributed by atoms with van der Waals surface area (Å²) in [6, 6.07) is 4.81. The van der Waals surface area contributed by atoms with Gasteiger partial charge in [0.15, 0.2) is 0 Å². The molecule has 1 aromatic carbocycles. The van der Waals surface area contributed by atoms with Gasteiger partial charge in [-0.15, -0.1) is 23.7 Å². The topological polar surface area (TPSA) is 77.2 Å². The molecule has 0 unspecified atom stereocenters. The maximum Gasteiger partial charge on any atom is 0.387 e. The Balaban J connectivity index is 0.00000264. The molecule has 0 aliphatic carbocycles. The van der Waals surface area contributed by atoms with Crippen LogP contribution in [0.4, 0.5) is 8.78 Å². The summed E-state index contributed by atoms with van der Waals surface area (Å²) in [6.45, 7) is -0.756. The van der Waals surface area contributed by atoms with E-state index in [4.69, 9.17) is 5.73 Å². The maximum absolute atomic E-state index is 12.4. The summed E-state index contributed by atoms with van der Waals surface area (Å²) in [5, 5.41) is 4.89. The van der Waals surface area contributed by atoms with E-state index in [0.717, 1.165) is 5.56 Å². The van der Waals surface area contributed by atoms with Crippen LogP contribution in [-0.4, -0.2) is 17.5 Å². The number of hydrogen-bond acceptors (Lipinski definition) is 5. The van der Waals surface area contributed by atoms with Gasteiger partial charge in [0.1, 0.15) is 16.5 Å². The average Bonchev–Trinajstić information content (AvgIpc) is 2.95. The molecule has 2 aromatic rings. The van der Waals surface area contributed by atoms with Gasteiger partial charge in [-0.2, -0.15) is 8.78 Å². The van der Waals surface area contributed by atoms with Crippen molar-refractivity contribution in [3.8, 4) is 5.75 Å². The molecule has 0 aliphatic heterocycles. The molecule has 3 N–H and O–H groups in total. The van der Waals surface area contributed by atoms with Gasteiger partial charge < -0.3 is 15.8 Å². The molecule has 2 rings (SSSR count). The first-order chi connectivity index (χ1) is 10.5. The molecule has 0 radical (unpaired) electrons.